The number of para-hydroxylation sites is 2. The molecule has 8 heteroatoms. The van der Waals surface area contributed by atoms with Crippen molar-refractivity contribution in [2.24, 2.45) is 0 Å². The number of hydrogen-bond donors (Lipinski definition) is 1. The van der Waals surface area contributed by atoms with E-state index in [0.717, 1.165) is 24.5 Å². The Hall–Kier alpha value is -2.90. The highest BCUT2D eigenvalue weighted by Crippen LogP contribution is 2.23. The molecule has 30 heavy (non-hydrogen) atoms. The number of rotatable bonds is 5. The summed E-state index contributed by atoms with van der Waals surface area (Å²) in [7, 11) is 1.66. The number of fused-ring (bicyclic) bond motifs is 1. The average molecular weight is 430 g/mol. The Morgan fingerprint density at radius 2 is 1.53 bits per heavy atom. The van der Waals surface area contributed by atoms with E-state index in [4.69, 9.17) is 4.74 Å². The predicted octanol–water partition coefficient (Wildman–Crippen LogP) is -2.26. The maximum atomic E-state index is 12.7. The van der Waals surface area contributed by atoms with E-state index in [2.05, 4.69) is 0 Å². The summed E-state index contributed by atoms with van der Waals surface area (Å²) in [6.45, 7) is 2.96. The second kappa shape index (κ2) is 9.28. The number of hydrogen-bond acceptors (Lipinski definition) is 4. The molecule has 158 valence electrons. The van der Waals surface area contributed by atoms with Gasteiger partial charge in [0.1, 0.15) is 0 Å². The lowest BCUT2D eigenvalue weighted by molar-refractivity contribution is -0.837. The van der Waals surface area contributed by atoms with Gasteiger partial charge < -0.3 is 22.0 Å². The minimum absolute atomic E-state index is 0. The lowest BCUT2D eigenvalue weighted by Crippen LogP contribution is -3.10. The van der Waals surface area contributed by atoms with E-state index in [-0.39, 0.29) is 43.1 Å². The summed E-state index contributed by atoms with van der Waals surface area (Å²) in [5, 5.41) is 0. The minimum Gasteiger partial charge on any atom is -1.00 e. The molecule has 0 saturated carbocycles. The standard InChI is InChI=1S/C22H23N3O4.ClH/c1-29-19-9-5-4-8-18(19)23-12-14-24(15-13-23)20(26)10-11-25-21(27)16-6-2-3-7-17(16)22(25)28;/h2-9H,10-15H2,1H3;1H. The average Bonchev–Trinajstić information content (AvgIpc) is 3.02. The van der Waals surface area contributed by atoms with Gasteiger partial charge in [-0.15, -0.1) is 0 Å². The minimum atomic E-state index is -0.316. The Bertz CT molecular complexity index is 922. The molecule has 0 atom stereocenters. The van der Waals surface area contributed by atoms with Crippen LogP contribution in [0.1, 0.15) is 27.1 Å². The smallest absolute Gasteiger partial charge is 0.261 e. The largest absolute Gasteiger partial charge is 1.00 e. The molecule has 1 saturated heterocycles. The molecule has 2 heterocycles. The molecule has 0 aromatic heterocycles. The van der Waals surface area contributed by atoms with Crippen LogP contribution in [0.15, 0.2) is 48.5 Å². The molecule has 1 fully saturated rings. The van der Waals surface area contributed by atoms with Crippen LogP contribution in [0.3, 0.4) is 0 Å². The van der Waals surface area contributed by atoms with Crippen molar-refractivity contribution in [1.82, 2.24) is 9.80 Å². The first-order chi connectivity index (χ1) is 14.1. The van der Waals surface area contributed by atoms with Crippen molar-refractivity contribution in [3.8, 4) is 5.75 Å². The van der Waals surface area contributed by atoms with Crippen LogP contribution in [0.4, 0.5) is 5.69 Å². The van der Waals surface area contributed by atoms with Gasteiger partial charge in [-0.3, -0.25) is 24.2 Å². The van der Waals surface area contributed by atoms with Crippen molar-refractivity contribution in [2.75, 3.05) is 39.8 Å². The number of quaternary nitrogens is 1. The third-order valence-electron chi connectivity index (χ3n) is 5.64. The molecule has 2 aliphatic rings. The molecular formula is C22H24ClN3O4. The van der Waals surface area contributed by atoms with Gasteiger partial charge in [-0.25, -0.2) is 0 Å². The molecule has 0 spiro atoms. The monoisotopic (exact) mass is 429 g/mol. The number of nitrogens with zero attached hydrogens (tertiary/aromatic N) is 2. The highest BCUT2D eigenvalue weighted by atomic mass is 35.5. The van der Waals surface area contributed by atoms with Crippen molar-refractivity contribution in [2.45, 2.75) is 6.42 Å². The summed E-state index contributed by atoms with van der Waals surface area (Å²) < 4.78 is 5.44. The Balaban J connectivity index is 0.00000256. The second-order valence-corrected chi connectivity index (χ2v) is 7.24. The summed E-state index contributed by atoms with van der Waals surface area (Å²) in [5.74, 6) is 0.196. The zero-order chi connectivity index (χ0) is 20.4. The van der Waals surface area contributed by atoms with Crippen molar-refractivity contribution in [3.63, 3.8) is 0 Å². The van der Waals surface area contributed by atoms with Crippen LogP contribution < -0.4 is 22.0 Å². The molecule has 1 N–H and O–H groups in total. The van der Waals surface area contributed by atoms with Crippen molar-refractivity contribution in [1.29, 1.82) is 0 Å². The lowest BCUT2D eigenvalue weighted by Gasteiger charge is -2.32. The van der Waals surface area contributed by atoms with Gasteiger partial charge in [0.2, 0.25) is 5.91 Å². The number of amides is 3. The van der Waals surface area contributed by atoms with Crippen molar-refractivity contribution in [3.05, 3.63) is 59.7 Å². The topological polar surface area (TPSA) is 71.4 Å². The van der Waals surface area contributed by atoms with E-state index in [9.17, 15) is 14.4 Å². The van der Waals surface area contributed by atoms with E-state index in [0.29, 0.717) is 24.2 Å². The fourth-order valence-electron chi connectivity index (χ4n) is 4.04. The number of nitrogens with one attached hydrogen (secondary N) is 1. The van der Waals surface area contributed by atoms with E-state index in [1.807, 2.05) is 29.2 Å². The zero-order valence-electron chi connectivity index (χ0n) is 16.8. The van der Waals surface area contributed by atoms with Gasteiger partial charge in [-0.1, -0.05) is 24.3 Å². The van der Waals surface area contributed by atoms with E-state index < -0.39 is 0 Å². The van der Waals surface area contributed by atoms with Crippen molar-refractivity contribution >= 4 is 23.4 Å². The van der Waals surface area contributed by atoms with Gasteiger partial charge in [-0.2, -0.15) is 0 Å². The Morgan fingerprint density at radius 3 is 2.13 bits per heavy atom. The maximum Gasteiger partial charge on any atom is 0.261 e. The lowest BCUT2D eigenvalue weighted by atomic mass is 10.1. The van der Waals surface area contributed by atoms with Crippen LogP contribution in [0, 0.1) is 0 Å². The first-order valence-electron chi connectivity index (χ1n) is 9.81. The number of carbonyl (C=O) groups excluding carboxylic acids is 3. The number of methoxy groups -OCH3 is 1. The third kappa shape index (κ3) is 4.04. The van der Waals surface area contributed by atoms with Crippen molar-refractivity contribution < 1.29 is 36.4 Å². The molecule has 3 amide bonds. The van der Waals surface area contributed by atoms with E-state index in [1.165, 1.54) is 9.80 Å². The fraction of sp³-hybridized carbons (Fsp3) is 0.318. The summed E-state index contributed by atoms with van der Waals surface area (Å²) in [5.41, 5.74) is 1.94. The molecule has 2 aromatic rings. The Kier molecular flexibility index (Phi) is 6.74. The molecule has 2 aromatic carbocycles. The maximum absolute atomic E-state index is 12.7. The van der Waals surface area contributed by atoms with E-state index in [1.54, 1.807) is 31.4 Å². The third-order valence-corrected chi connectivity index (χ3v) is 5.64. The molecule has 2 aliphatic heterocycles. The molecular weight excluding hydrogens is 406 g/mol. The van der Waals surface area contributed by atoms with Gasteiger partial charge in [0.25, 0.3) is 11.8 Å². The first-order valence-corrected chi connectivity index (χ1v) is 9.81. The second-order valence-electron chi connectivity index (χ2n) is 7.24. The first kappa shape index (κ1) is 21.8. The van der Waals surface area contributed by atoms with Crippen LogP contribution in [0.5, 0.6) is 5.75 Å². The van der Waals surface area contributed by atoms with Gasteiger partial charge in [-0.05, 0) is 18.2 Å². The van der Waals surface area contributed by atoms with Gasteiger partial charge in [0, 0.05) is 19.0 Å². The van der Waals surface area contributed by atoms with Crippen LogP contribution in [-0.2, 0) is 4.79 Å². The van der Waals surface area contributed by atoms with Crippen LogP contribution in [0.25, 0.3) is 0 Å². The number of piperazine rings is 1. The van der Waals surface area contributed by atoms with Gasteiger partial charge in [0.15, 0.2) is 11.4 Å². The SMILES string of the molecule is COc1ccccc1[NH+]1CCN(C(=O)CCN2C(=O)c3ccccc3C2=O)CC1.[Cl-]. The molecule has 0 unspecified atom stereocenters. The van der Waals surface area contributed by atoms with Gasteiger partial charge in [0.05, 0.1) is 44.4 Å². The summed E-state index contributed by atoms with van der Waals surface area (Å²) in [4.78, 5) is 41.8. The molecule has 0 radical (unpaired) electrons. The van der Waals surface area contributed by atoms with Crippen LogP contribution >= 0.6 is 0 Å². The molecule has 4 rings (SSSR count). The highest BCUT2D eigenvalue weighted by molar-refractivity contribution is 6.21. The normalized spacial score (nSPS) is 16.3. The highest BCUT2D eigenvalue weighted by Gasteiger charge is 2.35. The summed E-state index contributed by atoms with van der Waals surface area (Å²) >= 11 is 0. The number of ether oxygens (including phenoxy) is 1. The predicted molar refractivity (Wildman–Crippen MR) is 106 cm³/mol. The molecule has 7 nitrogen and oxygen atoms in total. The number of carbonyl (C=O) groups is 3. The Labute approximate surface area is 181 Å². The zero-order valence-corrected chi connectivity index (χ0v) is 17.5. The quantitative estimate of drug-likeness (QED) is 0.545. The number of halogens is 1. The van der Waals surface area contributed by atoms with E-state index >= 15 is 0 Å². The summed E-state index contributed by atoms with van der Waals surface area (Å²) in [6.07, 6.45) is 0.148. The molecule has 0 bridgehead atoms. The fourth-order valence-corrected chi connectivity index (χ4v) is 4.04. The molecule has 0 aliphatic carbocycles. The Morgan fingerprint density at radius 1 is 0.967 bits per heavy atom. The number of imide groups is 1. The van der Waals surface area contributed by atoms with Crippen LogP contribution in [0.2, 0.25) is 0 Å². The van der Waals surface area contributed by atoms with Gasteiger partial charge >= 0.3 is 0 Å². The summed E-state index contributed by atoms with van der Waals surface area (Å²) in [6, 6.07) is 14.7. The number of benzene rings is 2. The van der Waals surface area contributed by atoms with Crippen LogP contribution in [-0.4, -0.2) is 67.4 Å².